The minimum absolute atomic E-state index is 0. The zero-order chi connectivity index (χ0) is 27.4. The number of carboxylic acid groups (broad SMARTS) is 1. The predicted octanol–water partition coefficient (Wildman–Crippen LogP) is 3.73. The number of hydrogen-bond acceptors (Lipinski definition) is 10. The highest BCUT2D eigenvalue weighted by Crippen LogP contribution is 2.45. The number of nitrogens with zero attached hydrogens (tertiary/aromatic N) is 3. The molecule has 0 heterocycles. The van der Waals surface area contributed by atoms with Crippen molar-refractivity contribution in [3.05, 3.63) is 38.4 Å². The van der Waals surface area contributed by atoms with Crippen LogP contribution in [0.15, 0.2) is 18.2 Å². The number of carbonyl (C=O) groups is 1. The van der Waals surface area contributed by atoms with E-state index in [0.29, 0.717) is 23.7 Å². The van der Waals surface area contributed by atoms with Gasteiger partial charge in [-0.05, 0) is 12.8 Å². The lowest BCUT2D eigenvalue weighted by Crippen LogP contribution is -2.42. The van der Waals surface area contributed by atoms with Gasteiger partial charge >= 0.3 is 19.5 Å². The molecule has 1 unspecified atom stereocenters. The standard InChI is InChI=1S/C21H34N3O11P.H2O/c1-24(2,3)16-18(15-21(25)26)35-36(31,32)34-13-9-7-5-4-6-8-12-33-20-14-17(22(27)28)10-11-19(20)23(29)30;/h10-11,14,18H,4-9,12-13,15-16H2,1-3H3,(H-,25,26,31,32);1H2/t18-;/m1./s1. The maximum absolute atomic E-state index is 12.2. The molecular formula is C21H36N3O12P. The number of benzene rings is 1. The van der Waals surface area contributed by atoms with Gasteiger partial charge in [0.05, 0.1) is 56.7 Å². The summed E-state index contributed by atoms with van der Waals surface area (Å²) in [5, 5.41) is 30.9. The topological polar surface area (TPSA) is 219 Å². The molecule has 0 amide bonds. The van der Waals surface area contributed by atoms with E-state index in [9.17, 15) is 34.5 Å². The van der Waals surface area contributed by atoms with Crippen molar-refractivity contribution >= 4 is 25.2 Å². The van der Waals surface area contributed by atoms with Crippen LogP contribution in [-0.2, 0) is 18.4 Å². The fourth-order valence-corrected chi connectivity index (χ4v) is 4.25. The van der Waals surface area contributed by atoms with Crippen LogP contribution < -0.4 is 4.74 Å². The van der Waals surface area contributed by atoms with Gasteiger partial charge in [0.2, 0.25) is 5.75 Å². The number of phosphoric ester groups is 1. The quantitative estimate of drug-likeness (QED) is 0.0823. The normalized spacial score (nSPS) is 13.7. The zero-order valence-corrected chi connectivity index (χ0v) is 22.1. The lowest BCUT2D eigenvalue weighted by Gasteiger charge is -2.29. The van der Waals surface area contributed by atoms with Gasteiger partial charge in [0.25, 0.3) is 5.69 Å². The third-order valence-electron chi connectivity index (χ3n) is 4.84. The Morgan fingerprint density at radius 1 is 1.03 bits per heavy atom. The van der Waals surface area contributed by atoms with Gasteiger partial charge in [-0.25, -0.2) is 4.57 Å². The maximum atomic E-state index is 12.2. The van der Waals surface area contributed by atoms with E-state index in [4.69, 9.17) is 18.9 Å². The van der Waals surface area contributed by atoms with Crippen molar-refractivity contribution in [2.75, 3.05) is 40.9 Å². The lowest BCUT2D eigenvalue weighted by molar-refractivity contribution is -0.873. The number of quaternary nitrogens is 1. The number of carboxylic acids is 1. The summed E-state index contributed by atoms with van der Waals surface area (Å²) in [6.45, 7) is 0.372. The van der Waals surface area contributed by atoms with E-state index in [1.54, 1.807) is 0 Å². The summed E-state index contributed by atoms with van der Waals surface area (Å²) in [6, 6.07) is 3.13. The van der Waals surface area contributed by atoms with Crippen molar-refractivity contribution in [3.63, 3.8) is 0 Å². The number of non-ortho nitro benzene ring substituents is 1. The molecule has 0 saturated heterocycles. The molecule has 0 aliphatic rings. The van der Waals surface area contributed by atoms with Gasteiger partial charge in [-0.15, -0.1) is 0 Å². The Bertz CT molecular complexity index is 938. The summed E-state index contributed by atoms with van der Waals surface area (Å²) in [5.41, 5.74) is -0.626. The number of ether oxygens (including phenoxy) is 1. The molecule has 15 nitrogen and oxygen atoms in total. The van der Waals surface area contributed by atoms with Gasteiger partial charge in [0.1, 0.15) is 12.6 Å². The monoisotopic (exact) mass is 553 g/mol. The molecule has 37 heavy (non-hydrogen) atoms. The second kappa shape index (κ2) is 16.2. The van der Waals surface area contributed by atoms with E-state index >= 15 is 0 Å². The van der Waals surface area contributed by atoms with E-state index in [-0.39, 0.29) is 42.4 Å². The Hall–Kier alpha value is -2.68. The largest absolute Gasteiger partial charge is 0.870 e. The molecule has 0 saturated carbocycles. The van der Waals surface area contributed by atoms with Crippen LogP contribution in [0.4, 0.5) is 11.4 Å². The van der Waals surface area contributed by atoms with Crippen LogP contribution in [0.2, 0.25) is 0 Å². The predicted molar refractivity (Wildman–Crippen MR) is 131 cm³/mol. The minimum atomic E-state index is -4.39. The SMILES string of the molecule is C[N+](C)(C)C[C@@H](CC(=O)O)OP(=O)(O)OCCCCCCCCOc1cc([N+](=O)[O-])ccc1[N+](=O)[O-].[OH-]. The van der Waals surface area contributed by atoms with Crippen LogP contribution in [0.5, 0.6) is 5.75 Å². The highest BCUT2D eigenvalue weighted by molar-refractivity contribution is 7.47. The van der Waals surface area contributed by atoms with Gasteiger partial charge in [-0.3, -0.25) is 34.1 Å². The number of aliphatic carboxylic acids is 1. The van der Waals surface area contributed by atoms with Crippen LogP contribution >= 0.6 is 7.82 Å². The van der Waals surface area contributed by atoms with E-state index in [0.717, 1.165) is 37.5 Å². The van der Waals surface area contributed by atoms with Crippen LogP contribution in [0, 0.1) is 20.2 Å². The fourth-order valence-electron chi connectivity index (χ4n) is 3.32. The van der Waals surface area contributed by atoms with E-state index < -0.39 is 36.2 Å². The summed E-state index contributed by atoms with van der Waals surface area (Å²) in [4.78, 5) is 41.5. The smallest absolute Gasteiger partial charge is 0.472 e. The molecule has 0 radical (unpaired) electrons. The lowest BCUT2D eigenvalue weighted by atomic mass is 10.1. The molecule has 0 bridgehead atoms. The van der Waals surface area contributed by atoms with Gasteiger partial charge < -0.3 is 24.7 Å². The number of phosphoric acid groups is 1. The maximum Gasteiger partial charge on any atom is 0.472 e. The van der Waals surface area contributed by atoms with Crippen molar-refractivity contribution in [1.29, 1.82) is 0 Å². The van der Waals surface area contributed by atoms with Gasteiger partial charge in [-0.1, -0.05) is 25.7 Å². The molecule has 0 aromatic heterocycles. The van der Waals surface area contributed by atoms with E-state index in [1.807, 2.05) is 21.1 Å². The number of unbranched alkanes of at least 4 members (excludes halogenated alkanes) is 5. The molecule has 212 valence electrons. The molecule has 1 aromatic carbocycles. The van der Waals surface area contributed by atoms with Crippen LogP contribution in [0.3, 0.4) is 0 Å². The van der Waals surface area contributed by atoms with Crippen molar-refractivity contribution in [2.45, 2.75) is 51.0 Å². The van der Waals surface area contributed by atoms with Crippen molar-refractivity contribution in [1.82, 2.24) is 0 Å². The molecule has 0 aliphatic carbocycles. The first-order valence-electron chi connectivity index (χ1n) is 11.4. The zero-order valence-electron chi connectivity index (χ0n) is 21.2. The van der Waals surface area contributed by atoms with Crippen molar-refractivity contribution in [2.24, 2.45) is 0 Å². The Kier molecular flexibility index (Phi) is 15.0. The minimum Gasteiger partial charge on any atom is -0.870 e. The number of nitro benzene ring substituents is 2. The second-order valence-corrected chi connectivity index (χ2v) is 10.6. The van der Waals surface area contributed by atoms with Gasteiger partial charge in [0, 0.05) is 12.1 Å². The Morgan fingerprint density at radius 2 is 1.59 bits per heavy atom. The molecule has 1 aromatic rings. The van der Waals surface area contributed by atoms with E-state index in [2.05, 4.69) is 0 Å². The Labute approximate surface area is 214 Å². The number of likely N-dealkylation sites (N-methyl/N-ethyl adjacent to an activating group) is 1. The molecule has 0 fully saturated rings. The summed E-state index contributed by atoms with van der Waals surface area (Å²) in [7, 11) is 1.04. The van der Waals surface area contributed by atoms with Gasteiger partial charge in [0.15, 0.2) is 0 Å². The molecule has 1 rings (SSSR count). The van der Waals surface area contributed by atoms with Gasteiger partial charge in [-0.2, -0.15) is 0 Å². The second-order valence-electron chi connectivity index (χ2n) is 9.24. The summed E-state index contributed by atoms with van der Waals surface area (Å²) in [6.07, 6.45) is 2.81. The molecule has 0 spiro atoms. The molecule has 0 aliphatic heterocycles. The molecule has 3 N–H and O–H groups in total. The highest BCUT2D eigenvalue weighted by Gasteiger charge is 2.31. The first-order chi connectivity index (χ1) is 16.7. The van der Waals surface area contributed by atoms with Crippen LogP contribution in [-0.4, -0.2) is 82.8 Å². The summed E-state index contributed by atoms with van der Waals surface area (Å²) < 4.78 is 27.9. The first-order valence-corrected chi connectivity index (χ1v) is 12.9. The summed E-state index contributed by atoms with van der Waals surface area (Å²) >= 11 is 0. The fraction of sp³-hybridized carbons (Fsp3) is 0.667. The van der Waals surface area contributed by atoms with Crippen molar-refractivity contribution < 1.29 is 52.9 Å². The Morgan fingerprint density at radius 3 is 2.11 bits per heavy atom. The molecular weight excluding hydrogens is 517 g/mol. The number of rotatable bonds is 19. The number of nitro groups is 2. The summed E-state index contributed by atoms with van der Waals surface area (Å²) in [5.74, 6) is -1.28. The highest BCUT2D eigenvalue weighted by atomic mass is 31.2. The third kappa shape index (κ3) is 15.2. The third-order valence-corrected chi connectivity index (χ3v) is 5.91. The average molecular weight is 554 g/mol. The molecule has 16 heteroatoms. The number of hydrogen-bond donors (Lipinski definition) is 2. The van der Waals surface area contributed by atoms with Crippen LogP contribution in [0.25, 0.3) is 0 Å². The average Bonchev–Trinajstić information content (AvgIpc) is 2.72. The molecule has 2 atom stereocenters. The van der Waals surface area contributed by atoms with E-state index in [1.165, 1.54) is 0 Å². The van der Waals surface area contributed by atoms with Crippen LogP contribution in [0.1, 0.15) is 44.9 Å². The Balaban J connectivity index is 0.0000130. The van der Waals surface area contributed by atoms with Crippen molar-refractivity contribution in [3.8, 4) is 5.75 Å². The first kappa shape index (κ1) is 34.3.